The van der Waals surface area contributed by atoms with Gasteiger partial charge in [-0.25, -0.2) is 9.59 Å². The first-order chi connectivity index (χ1) is 20.7. The largest absolute Gasteiger partial charge is 0.476 e. The van der Waals surface area contributed by atoms with E-state index in [4.69, 9.17) is 18.9 Å². The minimum atomic E-state index is -1.12. The molecule has 2 aliphatic rings. The average Bonchev–Trinajstić information content (AvgIpc) is 2.94. The predicted molar refractivity (Wildman–Crippen MR) is 161 cm³/mol. The van der Waals surface area contributed by atoms with Crippen molar-refractivity contribution in [2.24, 2.45) is 0 Å². The molecule has 0 bridgehead atoms. The summed E-state index contributed by atoms with van der Waals surface area (Å²) in [7, 11) is 1.36. The molecular weight excluding hydrogens is 572 g/mol. The highest BCUT2D eigenvalue weighted by Crippen LogP contribution is 2.40. The zero-order valence-corrected chi connectivity index (χ0v) is 27.1. The van der Waals surface area contributed by atoms with Gasteiger partial charge in [0.05, 0.1) is 11.7 Å². The van der Waals surface area contributed by atoms with Crippen LogP contribution in [0.25, 0.3) is 0 Å². The lowest BCUT2D eigenvalue weighted by Crippen LogP contribution is -2.55. The monoisotopic (exact) mass is 618 g/mol. The average molecular weight is 619 g/mol. The first kappa shape index (κ1) is 34.6. The van der Waals surface area contributed by atoms with Crippen molar-refractivity contribution < 1.29 is 42.9 Å². The molecule has 3 rings (SSSR count). The third-order valence-corrected chi connectivity index (χ3v) is 7.60. The van der Waals surface area contributed by atoms with E-state index in [1.165, 1.54) is 18.9 Å². The van der Waals surface area contributed by atoms with E-state index in [2.05, 4.69) is 5.32 Å². The van der Waals surface area contributed by atoms with Crippen molar-refractivity contribution in [1.82, 2.24) is 15.1 Å². The van der Waals surface area contributed by atoms with Crippen LogP contribution in [0.3, 0.4) is 0 Å². The Bertz CT molecular complexity index is 1250. The predicted octanol–water partition coefficient (Wildman–Crippen LogP) is 3.01. The normalized spacial score (nSPS) is 18.2. The van der Waals surface area contributed by atoms with Gasteiger partial charge in [0.25, 0.3) is 11.8 Å². The molecule has 1 N–H and O–H groups in total. The van der Waals surface area contributed by atoms with Crippen molar-refractivity contribution in [3.8, 4) is 5.75 Å². The molecule has 44 heavy (non-hydrogen) atoms. The summed E-state index contributed by atoms with van der Waals surface area (Å²) in [5.74, 6) is -0.805. The fourth-order valence-corrected chi connectivity index (χ4v) is 5.49. The molecule has 2 atom stereocenters. The van der Waals surface area contributed by atoms with Crippen molar-refractivity contribution in [2.45, 2.75) is 91.7 Å². The lowest BCUT2D eigenvalue weighted by Gasteiger charge is -2.42. The van der Waals surface area contributed by atoms with Crippen LogP contribution in [-0.4, -0.2) is 103 Å². The van der Waals surface area contributed by atoms with Gasteiger partial charge in [-0.2, -0.15) is 0 Å². The molecule has 4 amide bonds. The molecule has 0 aromatic heterocycles. The molecule has 0 saturated carbocycles. The Hall–Kier alpha value is -3.87. The van der Waals surface area contributed by atoms with Crippen LogP contribution in [0.1, 0.15) is 76.7 Å². The van der Waals surface area contributed by atoms with Gasteiger partial charge in [-0.15, -0.1) is 0 Å². The fourth-order valence-electron chi connectivity index (χ4n) is 5.49. The number of hydrogen-bond donors (Lipinski definition) is 1. The number of carbonyl (C=O) groups is 5. The molecule has 1 fully saturated rings. The van der Waals surface area contributed by atoms with Crippen LogP contribution in [0.4, 0.5) is 10.5 Å². The van der Waals surface area contributed by atoms with Crippen LogP contribution in [0.2, 0.25) is 0 Å². The molecule has 1 unspecified atom stereocenters. The maximum atomic E-state index is 14.2. The molecule has 13 heteroatoms. The topological polar surface area (TPSA) is 144 Å². The number of nitrogens with one attached hydrogen (secondary N) is 1. The van der Waals surface area contributed by atoms with Gasteiger partial charge in [0, 0.05) is 58.2 Å². The molecule has 0 aliphatic carbocycles. The zero-order chi connectivity index (χ0) is 32.8. The van der Waals surface area contributed by atoms with Gasteiger partial charge in [-0.05, 0) is 65.2 Å². The van der Waals surface area contributed by atoms with Gasteiger partial charge in [0.2, 0.25) is 12.2 Å². The number of methoxy groups -OCH3 is 1. The van der Waals surface area contributed by atoms with Gasteiger partial charge in [0.15, 0.2) is 5.60 Å². The number of fused-ring (bicyclic) bond motifs is 1. The highest BCUT2D eigenvalue weighted by molar-refractivity contribution is 6.05. The van der Waals surface area contributed by atoms with Crippen molar-refractivity contribution >= 4 is 35.5 Å². The number of nitrogens with zero attached hydrogens (tertiary/aromatic N) is 3. The summed E-state index contributed by atoms with van der Waals surface area (Å²) in [4.78, 5) is 68.8. The number of likely N-dealkylation sites (tertiary alicyclic amines) is 1. The van der Waals surface area contributed by atoms with Crippen molar-refractivity contribution in [3.05, 3.63) is 23.3 Å². The number of aryl methyl sites for hydroxylation is 1. The lowest BCUT2D eigenvalue weighted by molar-refractivity contribution is -0.170. The first-order valence-corrected chi connectivity index (χ1v) is 15.1. The smallest absolute Gasteiger partial charge is 0.412 e. The van der Waals surface area contributed by atoms with Crippen LogP contribution in [0, 0.1) is 6.92 Å². The summed E-state index contributed by atoms with van der Waals surface area (Å²) in [6.45, 7) is 13.1. The second-order valence-corrected chi connectivity index (χ2v) is 11.8. The Labute approximate surface area is 259 Å². The molecule has 0 radical (unpaired) electrons. The number of carbonyl (C=O) groups excluding carboxylic acids is 5. The van der Waals surface area contributed by atoms with Crippen molar-refractivity contribution in [2.75, 3.05) is 44.8 Å². The first-order valence-electron chi connectivity index (χ1n) is 15.1. The Morgan fingerprint density at radius 3 is 2.50 bits per heavy atom. The number of piperidine rings is 1. The summed E-state index contributed by atoms with van der Waals surface area (Å²) in [5.41, 5.74) is 0.435. The van der Waals surface area contributed by atoms with E-state index >= 15 is 0 Å². The summed E-state index contributed by atoms with van der Waals surface area (Å²) in [6.07, 6.45) is -0.0856. The molecule has 1 aromatic carbocycles. The molecular formula is C31H46N4O9. The second-order valence-electron chi connectivity index (χ2n) is 11.8. The van der Waals surface area contributed by atoms with Gasteiger partial charge in [-0.1, -0.05) is 6.92 Å². The number of ether oxygens (including phenoxy) is 4. The van der Waals surface area contributed by atoms with E-state index in [0.29, 0.717) is 48.4 Å². The molecule has 1 aromatic rings. The van der Waals surface area contributed by atoms with E-state index in [1.807, 2.05) is 20.8 Å². The number of benzene rings is 1. The zero-order valence-electron chi connectivity index (χ0n) is 27.1. The van der Waals surface area contributed by atoms with Crippen LogP contribution in [0.15, 0.2) is 12.1 Å². The highest BCUT2D eigenvalue weighted by atomic mass is 16.7. The van der Waals surface area contributed by atoms with Crippen LogP contribution >= 0.6 is 0 Å². The molecule has 244 valence electrons. The quantitative estimate of drug-likeness (QED) is 0.292. The minimum absolute atomic E-state index is 0.121. The molecule has 2 heterocycles. The summed E-state index contributed by atoms with van der Waals surface area (Å²) in [6, 6.07) is 2.94. The maximum Gasteiger partial charge on any atom is 0.412 e. The van der Waals surface area contributed by atoms with E-state index < -0.39 is 24.0 Å². The second kappa shape index (κ2) is 14.7. The summed E-state index contributed by atoms with van der Waals surface area (Å²) in [5, 5.41) is 2.80. The van der Waals surface area contributed by atoms with E-state index in [9.17, 15) is 24.0 Å². The third-order valence-electron chi connectivity index (χ3n) is 7.60. The van der Waals surface area contributed by atoms with Crippen LogP contribution < -0.4 is 15.0 Å². The van der Waals surface area contributed by atoms with Gasteiger partial charge < -0.3 is 39.0 Å². The van der Waals surface area contributed by atoms with Crippen LogP contribution in [0.5, 0.6) is 5.75 Å². The number of anilines is 1. The SMILES string of the molecule is CCC(=O)NCCN1C(=O)C(C)(C)Oc2cc(C)c(C(=O)N(C(C)C)[C@@H]3CCCN(C(=O)OC(C)OC(=O)COC)C3)cc21. The van der Waals surface area contributed by atoms with E-state index in [-0.39, 0.29) is 56.0 Å². The third kappa shape index (κ3) is 8.19. The molecule has 1 saturated heterocycles. The van der Waals surface area contributed by atoms with Crippen molar-refractivity contribution in [1.29, 1.82) is 0 Å². The van der Waals surface area contributed by atoms with Gasteiger partial charge >= 0.3 is 12.1 Å². The Morgan fingerprint density at radius 2 is 1.86 bits per heavy atom. The molecule has 2 aliphatic heterocycles. The van der Waals surface area contributed by atoms with Crippen LogP contribution in [-0.2, 0) is 28.6 Å². The Balaban J connectivity index is 1.84. The molecule has 0 spiro atoms. The summed E-state index contributed by atoms with van der Waals surface area (Å²) < 4.78 is 21.1. The van der Waals surface area contributed by atoms with Gasteiger partial charge in [-0.3, -0.25) is 14.4 Å². The standard InChI is InChI=1S/C31H46N4O9/c1-9-26(36)32-12-14-34-24-16-23(20(4)15-25(24)44-31(6,7)29(34)39)28(38)35(19(2)3)22-11-10-13-33(17-22)30(40)43-21(5)42-27(37)18-41-8/h15-16,19,21-22H,9-14,17-18H2,1-8H3,(H,32,36)/t21?,22-/m1/s1. The Morgan fingerprint density at radius 1 is 1.16 bits per heavy atom. The minimum Gasteiger partial charge on any atom is -0.476 e. The highest BCUT2D eigenvalue weighted by Gasteiger charge is 2.42. The van der Waals surface area contributed by atoms with E-state index in [1.54, 1.807) is 42.7 Å². The van der Waals surface area contributed by atoms with Crippen molar-refractivity contribution in [3.63, 3.8) is 0 Å². The lowest BCUT2D eigenvalue weighted by atomic mass is 9.97. The Kier molecular flexibility index (Phi) is 11.6. The van der Waals surface area contributed by atoms with Gasteiger partial charge in [0.1, 0.15) is 12.4 Å². The number of esters is 1. The molecule has 13 nitrogen and oxygen atoms in total. The number of hydrogen-bond acceptors (Lipinski definition) is 9. The van der Waals surface area contributed by atoms with E-state index in [0.717, 1.165) is 0 Å². The fraction of sp³-hybridized carbons (Fsp3) is 0.645. The maximum absolute atomic E-state index is 14.2. The number of rotatable bonds is 11. The summed E-state index contributed by atoms with van der Waals surface area (Å²) >= 11 is 0. The number of amides is 4.